The Labute approximate surface area is 302 Å². The number of hydrogen-bond acceptors (Lipinski definition) is 15. The molecule has 0 aromatic carbocycles. The highest BCUT2D eigenvalue weighted by Gasteiger charge is 2.50. The van der Waals surface area contributed by atoms with Crippen molar-refractivity contribution >= 4 is 28.0 Å². The van der Waals surface area contributed by atoms with Crippen molar-refractivity contribution in [3.63, 3.8) is 0 Å². The zero-order valence-corrected chi connectivity index (χ0v) is 31.2. The van der Waals surface area contributed by atoms with Crippen LogP contribution >= 0.6 is 0 Å². The van der Waals surface area contributed by atoms with Gasteiger partial charge in [0, 0.05) is 27.1 Å². The van der Waals surface area contributed by atoms with E-state index in [1.165, 1.54) is 14.2 Å². The van der Waals surface area contributed by atoms with Gasteiger partial charge in [-0.05, 0) is 0 Å². The monoisotopic (exact) mass is 780 g/mol. The lowest BCUT2D eigenvalue weighted by atomic mass is 9.98. The van der Waals surface area contributed by atoms with Gasteiger partial charge < -0.3 is 72.4 Å². The minimum Gasteiger partial charge on any atom is -0.479 e. The molecule has 0 aliphatic carbocycles. The first-order valence-corrected chi connectivity index (χ1v) is 18.2. The zero-order valence-electron chi connectivity index (χ0n) is 30.3. The molecule has 304 valence electrons. The van der Waals surface area contributed by atoms with Gasteiger partial charge in [-0.25, -0.2) is 14.4 Å². The number of carboxylic acids is 3. The van der Waals surface area contributed by atoms with E-state index in [-0.39, 0.29) is 56.8 Å². The molecule has 0 bridgehead atoms. The number of nitrogens with zero attached hydrogens (tertiary/aromatic N) is 2. The predicted octanol–water partition coefficient (Wildman–Crippen LogP) is -2.93. The largest absolute Gasteiger partial charge is 0.479 e. The predicted molar refractivity (Wildman–Crippen MR) is 175 cm³/mol. The molecule has 2 rings (SSSR count). The number of likely N-dealkylation sites (N-methyl/N-ethyl adjacent to an activating group) is 2. The van der Waals surface area contributed by atoms with Crippen LogP contribution in [-0.2, 0) is 62.4 Å². The van der Waals surface area contributed by atoms with Gasteiger partial charge in [-0.15, -0.1) is 0 Å². The molecule has 21 nitrogen and oxygen atoms in total. The van der Waals surface area contributed by atoms with Gasteiger partial charge in [0.1, 0.15) is 43.6 Å². The van der Waals surface area contributed by atoms with E-state index in [1.807, 2.05) is 14.1 Å². The fourth-order valence-corrected chi connectivity index (χ4v) is 6.31. The third-order valence-corrected chi connectivity index (χ3v) is 9.49. The number of methoxy groups -OCH3 is 2. The number of aliphatic carboxylic acids is 3. The van der Waals surface area contributed by atoms with Crippen molar-refractivity contribution in [2.24, 2.45) is 0 Å². The van der Waals surface area contributed by atoms with Crippen molar-refractivity contribution < 1.29 is 99.7 Å². The Morgan fingerprint density at radius 3 is 1.81 bits per heavy atom. The van der Waals surface area contributed by atoms with E-state index in [2.05, 4.69) is 0 Å². The molecule has 2 saturated heterocycles. The number of quaternary nitrogens is 2. The maximum atomic E-state index is 12.1. The van der Waals surface area contributed by atoms with E-state index in [4.69, 9.17) is 42.4 Å². The maximum Gasteiger partial charge on any atom is 0.359 e. The van der Waals surface area contributed by atoms with Crippen molar-refractivity contribution in [2.45, 2.75) is 74.3 Å². The summed E-state index contributed by atoms with van der Waals surface area (Å²) in [5.41, 5.74) is 0. The fourth-order valence-electron chi connectivity index (χ4n) is 5.81. The minimum absolute atomic E-state index is 0.0125. The molecule has 2 heterocycles. The molecule has 6 N–H and O–H groups in total. The van der Waals surface area contributed by atoms with Crippen molar-refractivity contribution in [2.75, 3.05) is 101 Å². The summed E-state index contributed by atoms with van der Waals surface area (Å²) in [7, 11) is 5.31. The number of carboxylic acid groups (broad SMARTS) is 3. The van der Waals surface area contributed by atoms with Crippen molar-refractivity contribution in [1.82, 2.24) is 0 Å². The van der Waals surface area contributed by atoms with Crippen molar-refractivity contribution in [3.8, 4) is 0 Å². The smallest absolute Gasteiger partial charge is 0.359 e. The minimum atomic E-state index is -4.11. The fraction of sp³-hybridized carbons (Fsp3) is 0.900. The van der Waals surface area contributed by atoms with Crippen LogP contribution in [0.3, 0.4) is 0 Å². The van der Waals surface area contributed by atoms with Gasteiger partial charge in [-0.1, -0.05) is 0 Å². The van der Waals surface area contributed by atoms with Crippen molar-refractivity contribution in [3.05, 3.63) is 0 Å². The Balaban J connectivity index is 2.12. The van der Waals surface area contributed by atoms with E-state index >= 15 is 0 Å². The zero-order chi connectivity index (χ0) is 39.4. The molecular formula is C30H56N2O19S+2. The molecular weight excluding hydrogens is 724 g/mol. The van der Waals surface area contributed by atoms with Crippen LogP contribution < -0.4 is 0 Å². The summed E-state index contributed by atoms with van der Waals surface area (Å²) < 4.78 is 76.5. The third kappa shape index (κ3) is 14.9. The number of hydrogen-bond donors (Lipinski definition) is 6. The molecule has 2 fully saturated rings. The first-order valence-electron chi connectivity index (χ1n) is 16.6. The summed E-state index contributed by atoms with van der Waals surface area (Å²) in [6, 6.07) is 0. The third-order valence-electron chi connectivity index (χ3n) is 8.69. The molecule has 52 heavy (non-hydrogen) atoms. The second-order valence-electron chi connectivity index (χ2n) is 13.9. The molecule has 0 saturated carbocycles. The number of aliphatic hydroxyl groups excluding tert-OH is 2. The lowest BCUT2D eigenvalue weighted by molar-refractivity contribution is -0.890. The molecule has 10 unspecified atom stereocenters. The molecule has 10 atom stereocenters. The summed E-state index contributed by atoms with van der Waals surface area (Å²) in [5, 5.41) is 50.8. The normalized spacial score (nSPS) is 30.5. The quantitative estimate of drug-likeness (QED) is 0.0344. The van der Waals surface area contributed by atoms with Crippen LogP contribution in [0.4, 0.5) is 0 Å². The molecule has 2 aliphatic rings. The molecule has 0 spiro atoms. The summed E-state index contributed by atoms with van der Waals surface area (Å²) in [4.78, 5) is 35.4. The van der Waals surface area contributed by atoms with Crippen LogP contribution in [0, 0.1) is 0 Å². The maximum absolute atomic E-state index is 12.1. The van der Waals surface area contributed by atoms with Gasteiger partial charge in [-0.2, -0.15) is 8.42 Å². The van der Waals surface area contributed by atoms with E-state index in [9.17, 15) is 48.3 Å². The van der Waals surface area contributed by atoms with E-state index in [0.717, 1.165) is 0 Å². The average Bonchev–Trinajstić information content (AvgIpc) is 3.14. The summed E-state index contributed by atoms with van der Waals surface area (Å²) in [6.45, 7) is 0.0595. The van der Waals surface area contributed by atoms with Crippen LogP contribution in [0.5, 0.6) is 0 Å². The van der Waals surface area contributed by atoms with Crippen LogP contribution in [0.2, 0.25) is 0 Å². The number of carbonyl (C=O) groups is 3. The molecule has 0 aromatic heterocycles. The van der Waals surface area contributed by atoms with Gasteiger partial charge in [0.15, 0.2) is 31.3 Å². The lowest BCUT2D eigenvalue weighted by Gasteiger charge is -2.42. The average molecular weight is 781 g/mol. The van der Waals surface area contributed by atoms with Gasteiger partial charge in [0.05, 0.1) is 73.0 Å². The van der Waals surface area contributed by atoms with E-state index in [0.29, 0.717) is 17.6 Å². The second kappa shape index (κ2) is 20.5. The standard InChI is InChI=1S/C30H54N2O19S/c1-31(2,8-7-15-52(41,42)43)9-12-47-24-21(36)23(26(28(39)40)51-30(24)45-6)48-13-14-49-29-19(46-11-10-32(3,4)17-20(34)35)16-18(33)22(44-5)25(50-29)27(37)38/h18-19,21-26,29-30,33,36H,7-17H2,1-6H3,(H2-2,34,35,37,38,39,40,41,42,43)/p+2. The van der Waals surface area contributed by atoms with Crippen LogP contribution in [0.15, 0.2) is 0 Å². The number of rotatable bonds is 23. The Morgan fingerprint density at radius 1 is 0.712 bits per heavy atom. The first kappa shape index (κ1) is 46.0. The highest BCUT2D eigenvalue weighted by Crippen LogP contribution is 2.28. The molecule has 0 radical (unpaired) electrons. The molecule has 0 amide bonds. The highest BCUT2D eigenvalue weighted by atomic mass is 32.2. The van der Waals surface area contributed by atoms with Gasteiger partial charge >= 0.3 is 17.9 Å². The Hall–Kier alpha value is -2.16. The summed E-state index contributed by atoms with van der Waals surface area (Å²) >= 11 is 0. The van der Waals surface area contributed by atoms with Crippen molar-refractivity contribution in [1.29, 1.82) is 0 Å². The summed E-state index contributed by atoms with van der Waals surface area (Å²) in [6.07, 6.45) is -14.0. The second-order valence-corrected chi connectivity index (χ2v) is 15.5. The Morgan fingerprint density at radius 2 is 1.25 bits per heavy atom. The van der Waals surface area contributed by atoms with Gasteiger partial charge in [0.2, 0.25) is 0 Å². The van der Waals surface area contributed by atoms with Gasteiger partial charge in [-0.3, -0.25) is 4.55 Å². The topological polar surface area (TPSA) is 281 Å². The van der Waals surface area contributed by atoms with E-state index in [1.54, 1.807) is 14.1 Å². The van der Waals surface area contributed by atoms with Crippen LogP contribution in [0.1, 0.15) is 12.8 Å². The number of ether oxygens (including phenoxy) is 8. The van der Waals surface area contributed by atoms with Gasteiger partial charge in [0.25, 0.3) is 10.1 Å². The SMILES string of the molecule is COC1OC(C(=O)O)C(OCCOC2OC(C(=O)O)C(OC)C(O)CC2OCC[N+](C)(C)CC(=O)O)C(O)C1OCC[N+](C)(C)CCCS(=O)(=O)O. The molecule has 22 heteroatoms. The first-order chi connectivity index (χ1) is 24.1. The Kier molecular flexibility index (Phi) is 18.1. The number of aliphatic hydroxyl groups is 2. The van der Waals surface area contributed by atoms with Crippen LogP contribution in [-0.4, -0.2) is 228 Å². The lowest BCUT2D eigenvalue weighted by Crippen LogP contribution is -2.62. The van der Waals surface area contributed by atoms with Crippen LogP contribution in [0.25, 0.3) is 0 Å². The Bertz CT molecular complexity index is 1250. The molecule has 2 aliphatic heterocycles. The summed E-state index contributed by atoms with van der Waals surface area (Å²) in [5.74, 6) is -4.33. The highest BCUT2D eigenvalue weighted by molar-refractivity contribution is 7.85. The van der Waals surface area contributed by atoms with E-state index < -0.39 is 95.2 Å². The molecule has 0 aromatic rings.